The van der Waals surface area contributed by atoms with Crippen molar-refractivity contribution in [3.63, 3.8) is 0 Å². The fraction of sp³-hybridized carbons (Fsp3) is 0.154. The fourth-order valence-corrected chi connectivity index (χ4v) is 1.19. The molecule has 0 aliphatic rings. The minimum absolute atomic E-state index is 0.321. The molecule has 0 bridgehead atoms. The Hall–Kier alpha value is -2.23. The number of hydrogen-bond acceptors (Lipinski definition) is 2. The number of benzene rings is 1. The van der Waals surface area contributed by atoms with E-state index in [0.29, 0.717) is 5.56 Å². The molecule has 4 heteroatoms. The van der Waals surface area contributed by atoms with Gasteiger partial charge in [-0.15, -0.1) is 0 Å². The highest BCUT2D eigenvalue weighted by atomic mass is 16.4. The number of nitrogens with one attached hydrogen (secondary N) is 1. The Morgan fingerprint density at radius 1 is 1.18 bits per heavy atom. The van der Waals surface area contributed by atoms with Gasteiger partial charge in [0.1, 0.15) is 0 Å². The van der Waals surface area contributed by atoms with Crippen LogP contribution in [0.5, 0.6) is 0 Å². The van der Waals surface area contributed by atoms with Crippen molar-refractivity contribution >= 4 is 11.7 Å². The number of rotatable bonds is 2. The van der Waals surface area contributed by atoms with Crippen molar-refractivity contribution in [3.05, 3.63) is 54.4 Å². The zero-order valence-electron chi connectivity index (χ0n) is 9.92. The zero-order valence-corrected chi connectivity index (χ0v) is 9.92. The molecular weight excluding hydrogens is 216 g/mol. The topological polar surface area (TPSA) is 56.3 Å². The first kappa shape index (κ1) is 12.8. The van der Waals surface area contributed by atoms with Crippen molar-refractivity contribution in [2.45, 2.75) is 0 Å². The Morgan fingerprint density at radius 3 is 2.24 bits per heavy atom. The van der Waals surface area contributed by atoms with Crippen LogP contribution in [0.3, 0.4) is 0 Å². The third-order valence-electron chi connectivity index (χ3n) is 2.11. The second kappa shape index (κ2) is 6.37. The van der Waals surface area contributed by atoms with Crippen LogP contribution >= 0.6 is 0 Å². The number of H-pyrrole nitrogens is 1. The standard InChI is InChI=1S/C9H11NO2.C4H5N/c1-10(2)8-5-3-4-7(6-8)9(11)12;1-2-4-5-3-1/h3-6H,1-2H3,(H,11,12);1-5H. The van der Waals surface area contributed by atoms with Crippen LogP contribution in [0.25, 0.3) is 0 Å². The van der Waals surface area contributed by atoms with Crippen LogP contribution in [0.15, 0.2) is 48.8 Å². The molecule has 17 heavy (non-hydrogen) atoms. The van der Waals surface area contributed by atoms with Gasteiger partial charge < -0.3 is 15.0 Å². The molecule has 0 atom stereocenters. The summed E-state index contributed by atoms with van der Waals surface area (Å²) in [6.07, 6.45) is 3.75. The van der Waals surface area contributed by atoms with E-state index in [4.69, 9.17) is 5.11 Å². The van der Waals surface area contributed by atoms with Gasteiger partial charge in [-0.05, 0) is 30.3 Å². The first-order valence-electron chi connectivity index (χ1n) is 5.19. The number of aromatic amines is 1. The molecule has 0 saturated carbocycles. The van der Waals surface area contributed by atoms with E-state index in [1.165, 1.54) is 0 Å². The molecule has 0 fully saturated rings. The van der Waals surface area contributed by atoms with Crippen LogP contribution in [0.1, 0.15) is 10.4 Å². The average molecular weight is 232 g/mol. The Labute approximate surface area is 101 Å². The fourth-order valence-electron chi connectivity index (χ4n) is 1.19. The third-order valence-corrected chi connectivity index (χ3v) is 2.11. The number of nitrogens with zero attached hydrogens (tertiary/aromatic N) is 1. The smallest absolute Gasteiger partial charge is 0.335 e. The lowest BCUT2D eigenvalue weighted by Gasteiger charge is -2.12. The van der Waals surface area contributed by atoms with E-state index < -0.39 is 5.97 Å². The maximum absolute atomic E-state index is 10.6. The molecule has 0 amide bonds. The molecule has 2 N–H and O–H groups in total. The SMILES string of the molecule is CN(C)c1cccc(C(=O)O)c1.c1cc[nH]c1. The van der Waals surface area contributed by atoms with Gasteiger partial charge in [0.15, 0.2) is 0 Å². The summed E-state index contributed by atoms with van der Waals surface area (Å²) < 4.78 is 0. The predicted molar refractivity (Wildman–Crippen MR) is 68.5 cm³/mol. The van der Waals surface area contributed by atoms with Gasteiger partial charge in [-0.2, -0.15) is 0 Å². The van der Waals surface area contributed by atoms with Crippen molar-refractivity contribution in [1.29, 1.82) is 0 Å². The molecule has 0 aliphatic carbocycles. The van der Waals surface area contributed by atoms with Gasteiger partial charge in [-0.25, -0.2) is 4.79 Å². The molecular formula is C13H16N2O2. The van der Waals surface area contributed by atoms with Gasteiger partial charge in [0.25, 0.3) is 0 Å². The molecule has 0 unspecified atom stereocenters. The van der Waals surface area contributed by atoms with E-state index >= 15 is 0 Å². The van der Waals surface area contributed by atoms with Gasteiger partial charge in [0, 0.05) is 32.2 Å². The molecule has 0 saturated heterocycles. The van der Waals surface area contributed by atoms with Crippen molar-refractivity contribution < 1.29 is 9.90 Å². The summed E-state index contributed by atoms with van der Waals surface area (Å²) >= 11 is 0. The normalized spacial score (nSPS) is 9.06. The molecule has 0 radical (unpaired) electrons. The van der Waals surface area contributed by atoms with Crippen molar-refractivity contribution in [2.75, 3.05) is 19.0 Å². The van der Waals surface area contributed by atoms with Crippen LogP contribution in [-0.4, -0.2) is 30.2 Å². The maximum atomic E-state index is 10.6. The van der Waals surface area contributed by atoms with Crippen LogP contribution in [0.2, 0.25) is 0 Å². The van der Waals surface area contributed by atoms with Crippen molar-refractivity contribution in [3.8, 4) is 0 Å². The van der Waals surface area contributed by atoms with E-state index in [-0.39, 0.29) is 0 Å². The summed E-state index contributed by atoms with van der Waals surface area (Å²) in [7, 11) is 3.75. The predicted octanol–water partition coefficient (Wildman–Crippen LogP) is 2.47. The van der Waals surface area contributed by atoms with E-state index in [2.05, 4.69) is 4.98 Å². The third kappa shape index (κ3) is 4.42. The maximum Gasteiger partial charge on any atom is 0.335 e. The molecule has 4 nitrogen and oxygen atoms in total. The quantitative estimate of drug-likeness (QED) is 0.836. The van der Waals surface area contributed by atoms with Crippen LogP contribution < -0.4 is 4.90 Å². The minimum atomic E-state index is -0.890. The monoisotopic (exact) mass is 232 g/mol. The number of carboxylic acid groups (broad SMARTS) is 1. The minimum Gasteiger partial charge on any atom is -0.478 e. The van der Waals surface area contributed by atoms with Gasteiger partial charge >= 0.3 is 5.97 Å². The molecule has 1 heterocycles. The van der Waals surface area contributed by atoms with Gasteiger partial charge in [-0.1, -0.05) is 6.07 Å². The number of carboxylic acids is 1. The highest BCUT2D eigenvalue weighted by Crippen LogP contribution is 2.12. The lowest BCUT2D eigenvalue weighted by atomic mass is 10.2. The number of aromatic carboxylic acids is 1. The second-order valence-corrected chi connectivity index (χ2v) is 3.63. The average Bonchev–Trinajstić information content (AvgIpc) is 2.87. The molecule has 0 aliphatic heterocycles. The van der Waals surface area contributed by atoms with Crippen LogP contribution in [0, 0.1) is 0 Å². The van der Waals surface area contributed by atoms with E-state index in [1.54, 1.807) is 18.2 Å². The highest BCUT2D eigenvalue weighted by molar-refractivity contribution is 5.88. The Balaban J connectivity index is 0.000000239. The van der Waals surface area contributed by atoms with E-state index in [0.717, 1.165) is 5.69 Å². The highest BCUT2D eigenvalue weighted by Gasteiger charge is 2.03. The van der Waals surface area contributed by atoms with Gasteiger partial charge in [-0.3, -0.25) is 0 Å². The Morgan fingerprint density at radius 2 is 1.82 bits per heavy atom. The molecule has 2 aromatic rings. The van der Waals surface area contributed by atoms with Gasteiger partial charge in [0.2, 0.25) is 0 Å². The lowest BCUT2D eigenvalue weighted by molar-refractivity contribution is 0.0697. The molecule has 1 aromatic carbocycles. The molecule has 1 aromatic heterocycles. The first-order valence-corrected chi connectivity index (χ1v) is 5.19. The summed E-state index contributed by atoms with van der Waals surface area (Å²) in [5, 5.41) is 8.67. The number of hydrogen-bond donors (Lipinski definition) is 2. The van der Waals surface area contributed by atoms with Crippen molar-refractivity contribution in [2.24, 2.45) is 0 Å². The largest absolute Gasteiger partial charge is 0.478 e. The summed E-state index contributed by atoms with van der Waals surface area (Å²) in [5.74, 6) is -0.890. The van der Waals surface area contributed by atoms with Crippen LogP contribution in [-0.2, 0) is 0 Å². The molecule has 2 rings (SSSR count). The zero-order chi connectivity index (χ0) is 12.7. The second-order valence-electron chi connectivity index (χ2n) is 3.63. The summed E-state index contributed by atoms with van der Waals surface area (Å²) in [6.45, 7) is 0. The number of anilines is 1. The first-order chi connectivity index (χ1) is 8.11. The number of carbonyl (C=O) groups is 1. The Kier molecular flexibility index (Phi) is 4.81. The lowest BCUT2D eigenvalue weighted by Crippen LogP contribution is -2.09. The number of aromatic nitrogens is 1. The molecule has 0 spiro atoms. The summed E-state index contributed by atoms with van der Waals surface area (Å²) in [6, 6.07) is 10.7. The Bertz CT molecular complexity index is 433. The summed E-state index contributed by atoms with van der Waals surface area (Å²) in [5.41, 5.74) is 1.22. The van der Waals surface area contributed by atoms with E-state index in [9.17, 15) is 4.79 Å². The summed E-state index contributed by atoms with van der Waals surface area (Å²) in [4.78, 5) is 15.3. The van der Waals surface area contributed by atoms with Gasteiger partial charge in [0.05, 0.1) is 5.56 Å². The van der Waals surface area contributed by atoms with E-state index in [1.807, 2.05) is 49.6 Å². The van der Waals surface area contributed by atoms with Crippen LogP contribution in [0.4, 0.5) is 5.69 Å². The van der Waals surface area contributed by atoms with Crippen molar-refractivity contribution in [1.82, 2.24) is 4.98 Å². The molecule has 90 valence electrons.